The van der Waals surface area contributed by atoms with Crippen molar-refractivity contribution >= 4 is 11.8 Å². The Hall–Kier alpha value is -1.79. The van der Waals surface area contributed by atoms with Crippen molar-refractivity contribution in [2.75, 3.05) is 58.4 Å². The van der Waals surface area contributed by atoms with Crippen LogP contribution in [0.2, 0.25) is 0 Å². The molecule has 1 aromatic carbocycles. The fourth-order valence-electron chi connectivity index (χ4n) is 3.70. The van der Waals surface area contributed by atoms with Crippen molar-refractivity contribution in [1.29, 1.82) is 0 Å². The molecule has 1 aliphatic carbocycles. The molecule has 6 heteroatoms. The number of fused-ring (bicyclic) bond motifs is 1. The average Bonchev–Trinajstić information content (AvgIpc) is 2.66. The van der Waals surface area contributed by atoms with Gasteiger partial charge in [-0.05, 0) is 42.5 Å². The largest absolute Gasteiger partial charge is 0.441 e. The number of hydrogen-bond donors (Lipinski definition) is 1. The van der Waals surface area contributed by atoms with Gasteiger partial charge in [0.2, 0.25) is 0 Å². The summed E-state index contributed by atoms with van der Waals surface area (Å²) >= 11 is 0. The minimum absolute atomic E-state index is 0.133. The van der Waals surface area contributed by atoms with E-state index in [9.17, 15) is 4.79 Å². The van der Waals surface area contributed by atoms with Crippen molar-refractivity contribution in [2.45, 2.75) is 25.4 Å². The van der Waals surface area contributed by atoms with Crippen LogP contribution >= 0.6 is 0 Å². The van der Waals surface area contributed by atoms with Crippen LogP contribution in [0.3, 0.4) is 0 Å². The summed E-state index contributed by atoms with van der Waals surface area (Å²) in [5.41, 5.74) is 3.72. The molecule has 1 unspecified atom stereocenters. The van der Waals surface area contributed by atoms with Gasteiger partial charge in [-0.25, -0.2) is 4.79 Å². The summed E-state index contributed by atoms with van der Waals surface area (Å²) in [6, 6.07) is 6.65. The van der Waals surface area contributed by atoms with E-state index in [1.807, 2.05) is 0 Å². The van der Waals surface area contributed by atoms with E-state index in [1.165, 1.54) is 16.8 Å². The van der Waals surface area contributed by atoms with Gasteiger partial charge in [-0.2, -0.15) is 0 Å². The Kier molecular flexibility index (Phi) is 6.15. The molecule has 1 N–H and O–H groups in total. The molecular formula is C19H29N3O3. The van der Waals surface area contributed by atoms with E-state index in [0.29, 0.717) is 0 Å². The van der Waals surface area contributed by atoms with Crippen molar-refractivity contribution in [3.05, 3.63) is 29.3 Å². The summed E-state index contributed by atoms with van der Waals surface area (Å²) in [5.74, 6) is 0. The Balaban J connectivity index is 1.68. The summed E-state index contributed by atoms with van der Waals surface area (Å²) < 4.78 is 10.7. The molecule has 1 atom stereocenters. The second-order valence-corrected chi connectivity index (χ2v) is 6.74. The molecule has 1 saturated heterocycles. The number of hydrogen-bond acceptors (Lipinski definition) is 5. The Bertz CT molecular complexity index is 585. The van der Waals surface area contributed by atoms with Gasteiger partial charge in [0.05, 0.1) is 6.61 Å². The number of alkyl carbamates (subject to hydrolysis) is 1. The standard InChI is InChI=1S/C19H29N3O3/c1-20-19(23)25-18-5-3-4-15-6-7-16(14-17(15)18)22-10-8-21(9-11-22)12-13-24-2/h6-7,14,18H,3-5,8-13H2,1-2H3,(H,20,23). The number of ether oxygens (including phenoxy) is 2. The minimum atomic E-state index is -0.352. The monoisotopic (exact) mass is 347 g/mol. The number of nitrogens with one attached hydrogen (secondary N) is 1. The van der Waals surface area contributed by atoms with E-state index >= 15 is 0 Å². The molecule has 1 aliphatic heterocycles. The molecule has 1 heterocycles. The molecule has 0 bridgehead atoms. The number of carbonyl (C=O) groups is 1. The topological polar surface area (TPSA) is 54.0 Å². The number of methoxy groups -OCH3 is 1. The average molecular weight is 347 g/mol. The fourth-order valence-corrected chi connectivity index (χ4v) is 3.70. The zero-order chi connectivity index (χ0) is 17.6. The van der Waals surface area contributed by atoms with Crippen LogP contribution in [-0.2, 0) is 15.9 Å². The van der Waals surface area contributed by atoms with E-state index in [1.54, 1.807) is 14.2 Å². The van der Waals surface area contributed by atoms with Crippen molar-refractivity contribution in [1.82, 2.24) is 10.2 Å². The van der Waals surface area contributed by atoms with Gasteiger partial charge in [-0.1, -0.05) is 6.07 Å². The van der Waals surface area contributed by atoms with Crippen molar-refractivity contribution < 1.29 is 14.3 Å². The molecule has 0 spiro atoms. The van der Waals surface area contributed by atoms with E-state index in [4.69, 9.17) is 9.47 Å². The van der Waals surface area contributed by atoms with Crippen LogP contribution in [0, 0.1) is 0 Å². The highest BCUT2D eigenvalue weighted by Crippen LogP contribution is 2.35. The third kappa shape index (κ3) is 4.44. The Morgan fingerprint density at radius 1 is 1.28 bits per heavy atom. The van der Waals surface area contributed by atoms with Crippen LogP contribution in [0.4, 0.5) is 10.5 Å². The molecule has 25 heavy (non-hydrogen) atoms. The van der Waals surface area contributed by atoms with Crippen LogP contribution < -0.4 is 10.2 Å². The van der Waals surface area contributed by atoms with Gasteiger partial charge in [0.25, 0.3) is 0 Å². The van der Waals surface area contributed by atoms with Gasteiger partial charge < -0.3 is 19.7 Å². The molecule has 1 fully saturated rings. The lowest BCUT2D eigenvalue weighted by atomic mass is 9.89. The normalized spacial score (nSPS) is 20.9. The maximum Gasteiger partial charge on any atom is 0.407 e. The summed E-state index contributed by atoms with van der Waals surface area (Å²) in [4.78, 5) is 16.5. The van der Waals surface area contributed by atoms with E-state index in [2.05, 4.69) is 33.3 Å². The highest BCUT2D eigenvalue weighted by molar-refractivity contribution is 5.67. The van der Waals surface area contributed by atoms with Crippen molar-refractivity contribution in [3.63, 3.8) is 0 Å². The van der Waals surface area contributed by atoms with E-state index < -0.39 is 0 Å². The van der Waals surface area contributed by atoms with Crippen LogP contribution in [0.5, 0.6) is 0 Å². The first-order chi connectivity index (χ1) is 12.2. The molecule has 0 aromatic heterocycles. The summed E-state index contributed by atoms with van der Waals surface area (Å²) in [6.45, 7) is 5.93. The smallest absolute Gasteiger partial charge is 0.407 e. The zero-order valence-corrected chi connectivity index (χ0v) is 15.3. The summed E-state index contributed by atoms with van der Waals surface area (Å²) in [6.07, 6.45) is 2.54. The third-order valence-electron chi connectivity index (χ3n) is 5.19. The Labute approximate surface area is 150 Å². The van der Waals surface area contributed by atoms with Gasteiger partial charge in [0.1, 0.15) is 6.10 Å². The number of piperazine rings is 1. The first kappa shape index (κ1) is 18.0. The first-order valence-corrected chi connectivity index (χ1v) is 9.18. The molecular weight excluding hydrogens is 318 g/mol. The van der Waals surface area contributed by atoms with Crippen LogP contribution in [-0.4, -0.2) is 64.5 Å². The molecule has 0 radical (unpaired) electrons. The number of carbonyl (C=O) groups excluding carboxylic acids is 1. The van der Waals surface area contributed by atoms with Crippen molar-refractivity contribution in [3.8, 4) is 0 Å². The molecule has 1 amide bonds. The molecule has 3 rings (SSSR count). The number of nitrogens with zero attached hydrogens (tertiary/aromatic N) is 2. The Morgan fingerprint density at radius 2 is 2.08 bits per heavy atom. The predicted molar refractivity (Wildman–Crippen MR) is 98.2 cm³/mol. The van der Waals surface area contributed by atoms with Gasteiger partial charge in [0.15, 0.2) is 0 Å². The lowest BCUT2D eigenvalue weighted by molar-refractivity contribution is 0.0892. The lowest BCUT2D eigenvalue weighted by Crippen LogP contribution is -2.47. The molecule has 138 valence electrons. The third-order valence-corrected chi connectivity index (χ3v) is 5.19. The molecule has 1 aromatic rings. The number of benzene rings is 1. The van der Waals surface area contributed by atoms with E-state index in [0.717, 1.165) is 58.6 Å². The summed E-state index contributed by atoms with van der Waals surface area (Å²) in [5, 5.41) is 2.56. The number of aryl methyl sites for hydroxylation is 1. The summed E-state index contributed by atoms with van der Waals surface area (Å²) in [7, 11) is 3.35. The van der Waals surface area contributed by atoms with Crippen LogP contribution in [0.15, 0.2) is 18.2 Å². The maximum atomic E-state index is 11.6. The second-order valence-electron chi connectivity index (χ2n) is 6.74. The van der Waals surface area contributed by atoms with Crippen LogP contribution in [0.25, 0.3) is 0 Å². The number of anilines is 1. The molecule has 0 saturated carbocycles. The zero-order valence-electron chi connectivity index (χ0n) is 15.3. The predicted octanol–water partition coefficient (Wildman–Crippen LogP) is 2.19. The Morgan fingerprint density at radius 3 is 2.80 bits per heavy atom. The van der Waals surface area contributed by atoms with Crippen molar-refractivity contribution in [2.24, 2.45) is 0 Å². The SMILES string of the molecule is CNC(=O)OC1CCCc2ccc(N3CCN(CCOC)CC3)cc21. The van der Waals surface area contributed by atoms with Gasteiger partial charge in [-0.3, -0.25) is 4.90 Å². The maximum absolute atomic E-state index is 11.6. The fraction of sp³-hybridized carbons (Fsp3) is 0.632. The first-order valence-electron chi connectivity index (χ1n) is 9.18. The number of rotatable bonds is 5. The highest BCUT2D eigenvalue weighted by Gasteiger charge is 2.25. The van der Waals surface area contributed by atoms with Gasteiger partial charge in [-0.15, -0.1) is 0 Å². The lowest BCUT2D eigenvalue weighted by Gasteiger charge is -2.36. The van der Waals surface area contributed by atoms with Crippen LogP contribution in [0.1, 0.15) is 30.1 Å². The van der Waals surface area contributed by atoms with E-state index in [-0.39, 0.29) is 12.2 Å². The molecule has 6 nitrogen and oxygen atoms in total. The quantitative estimate of drug-likeness (QED) is 0.885. The van der Waals surface area contributed by atoms with Gasteiger partial charge >= 0.3 is 6.09 Å². The number of amides is 1. The minimum Gasteiger partial charge on any atom is -0.441 e. The van der Waals surface area contributed by atoms with Gasteiger partial charge in [0, 0.05) is 52.6 Å². The molecule has 2 aliphatic rings. The highest BCUT2D eigenvalue weighted by atomic mass is 16.6. The second kappa shape index (κ2) is 8.54.